The Morgan fingerprint density at radius 3 is 2.63 bits per heavy atom. The van der Waals surface area contributed by atoms with E-state index in [1.54, 1.807) is 6.07 Å². The molecule has 4 nitrogen and oxygen atoms in total. The van der Waals surface area contributed by atoms with Gasteiger partial charge in [-0.3, -0.25) is 4.72 Å². The van der Waals surface area contributed by atoms with Crippen molar-refractivity contribution in [2.45, 2.75) is 20.3 Å². The molecule has 108 valence electrons. The normalized spacial score (nSPS) is 11.3. The third-order valence-corrected chi connectivity index (χ3v) is 4.10. The lowest BCUT2D eigenvalue weighted by atomic mass is 10.2. The van der Waals surface area contributed by atoms with Gasteiger partial charge < -0.3 is 5.32 Å². The van der Waals surface area contributed by atoms with Crippen LogP contribution in [0.5, 0.6) is 0 Å². The fourth-order valence-electron chi connectivity index (χ4n) is 1.64. The molecule has 0 aliphatic rings. The second kappa shape index (κ2) is 7.65. The van der Waals surface area contributed by atoms with Crippen LogP contribution in [0.1, 0.15) is 18.9 Å². The quantitative estimate of drug-likeness (QED) is 0.725. The minimum absolute atomic E-state index is 0.634. The molecule has 0 aromatic heterocycles. The van der Waals surface area contributed by atoms with Crippen LogP contribution in [0, 0.1) is 6.92 Å². The number of thioether (sulfide) groups is 1. The summed E-state index contributed by atoms with van der Waals surface area (Å²) in [6.07, 6.45) is 2.28. The van der Waals surface area contributed by atoms with Crippen LogP contribution in [0.3, 0.4) is 0 Å². The Kier molecular flexibility index (Phi) is 6.51. The average molecular weight is 302 g/mol. The monoisotopic (exact) mass is 302 g/mol. The van der Waals surface area contributed by atoms with Gasteiger partial charge in [-0.2, -0.15) is 11.8 Å². The molecule has 0 bridgehead atoms. The van der Waals surface area contributed by atoms with Crippen LogP contribution in [0.4, 0.5) is 11.4 Å². The minimum Gasteiger partial charge on any atom is -0.385 e. The van der Waals surface area contributed by atoms with E-state index in [1.807, 2.05) is 30.8 Å². The third kappa shape index (κ3) is 6.73. The molecule has 1 aromatic carbocycles. The number of aryl methyl sites for hydroxylation is 1. The highest BCUT2D eigenvalue weighted by Crippen LogP contribution is 2.20. The molecule has 0 saturated heterocycles. The van der Waals surface area contributed by atoms with E-state index in [1.165, 1.54) is 0 Å². The molecule has 0 atom stereocenters. The van der Waals surface area contributed by atoms with Gasteiger partial charge in [-0.05, 0) is 48.6 Å². The van der Waals surface area contributed by atoms with Crippen molar-refractivity contribution in [2.24, 2.45) is 0 Å². The van der Waals surface area contributed by atoms with Gasteiger partial charge in [0.15, 0.2) is 0 Å². The molecule has 1 aromatic rings. The molecule has 1 rings (SSSR count). The van der Waals surface area contributed by atoms with Gasteiger partial charge in [-0.25, -0.2) is 8.42 Å². The number of benzene rings is 1. The summed E-state index contributed by atoms with van der Waals surface area (Å²) in [7, 11) is -3.21. The lowest BCUT2D eigenvalue weighted by Gasteiger charge is -2.11. The summed E-state index contributed by atoms with van der Waals surface area (Å²) >= 11 is 1.94. The van der Waals surface area contributed by atoms with E-state index < -0.39 is 10.0 Å². The van der Waals surface area contributed by atoms with Gasteiger partial charge in [-0.1, -0.05) is 6.92 Å². The van der Waals surface area contributed by atoms with Crippen LogP contribution in [0.15, 0.2) is 18.2 Å². The molecule has 0 amide bonds. The first-order valence-corrected chi connectivity index (χ1v) is 9.37. The first kappa shape index (κ1) is 16.2. The molecule has 0 aliphatic carbocycles. The van der Waals surface area contributed by atoms with Crippen LogP contribution >= 0.6 is 11.8 Å². The fraction of sp³-hybridized carbons (Fsp3) is 0.538. The summed E-state index contributed by atoms with van der Waals surface area (Å²) in [5, 5.41) is 3.34. The molecule has 0 unspecified atom stereocenters. The van der Waals surface area contributed by atoms with E-state index >= 15 is 0 Å². The molecular formula is C13H22N2O2S2. The van der Waals surface area contributed by atoms with Gasteiger partial charge in [0.05, 0.1) is 11.9 Å². The van der Waals surface area contributed by atoms with Crippen molar-refractivity contribution < 1.29 is 8.42 Å². The van der Waals surface area contributed by atoms with Gasteiger partial charge in [0, 0.05) is 12.2 Å². The topological polar surface area (TPSA) is 58.2 Å². The molecule has 6 heteroatoms. The summed E-state index contributed by atoms with van der Waals surface area (Å²) in [6, 6.07) is 5.65. The fourth-order valence-corrected chi connectivity index (χ4v) is 2.90. The van der Waals surface area contributed by atoms with Crippen molar-refractivity contribution in [2.75, 3.05) is 34.3 Å². The van der Waals surface area contributed by atoms with Gasteiger partial charge in [-0.15, -0.1) is 0 Å². The van der Waals surface area contributed by atoms with Crippen molar-refractivity contribution in [3.63, 3.8) is 0 Å². The van der Waals surface area contributed by atoms with Gasteiger partial charge in [0.25, 0.3) is 0 Å². The zero-order valence-electron chi connectivity index (χ0n) is 11.7. The predicted octanol–water partition coefficient (Wildman–Crippen LogP) is 2.92. The van der Waals surface area contributed by atoms with E-state index in [0.29, 0.717) is 5.69 Å². The second-order valence-electron chi connectivity index (χ2n) is 4.38. The largest absolute Gasteiger partial charge is 0.385 e. The number of hydrogen-bond donors (Lipinski definition) is 2. The molecule has 0 heterocycles. The van der Waals surface area contributed by atoms with Crippen LogP contribution in [0.25, 0.3) is 0 Å². The number of anilines is 2. The zero-order valence-corrected chi connectivity index (χ0v) is 13.3. The molecule has 19 heavy (non-hydrogen) atoms. The smallest absolute Gasteiger partial charge is 0.229 e. The predicted molar refractivity (Wildman–Crippen MR) is 85.8 cm³/mol. The van der Waals surface area contributed by atoms with Gasteiger partial charge >= 0.3 is 0 Å². The van der Waals surface area contributed by atoms with Crippen molar-refractivity contribution in [1.29, 1.82) is 0 Å². The number of nitrogens with one attached hydrogen (secondary N) is 2. The molecule has 0 aliphatic heterocycles. The number of rotatable bonds is 8. The molecular weight excluding hydrogens is 280 g/mol. The maximum atomic E-state index is 11.2. The van der Waals surface area contributed by atoms with Crippen LogP contribution in [-0.4, -0.2) is 32.7 Å². The van der Waals surface area contributed by atoms with E-state index in [0.717, 1.165) is 42.0 Å². The minimum atomic E-state index is -3.21. The Morgan fingerprint density at radius 2 is 2.05 bits per heavy atom. The average Bonchev–Trinajstić information content (AvgIpc) is 2.31. The maximum absolute atomic E-state index is 11.2. The van der Waals surface area contributed by atoms with Gasteiger partial charge in [0.2, 0.25) is 10.0 Å². The second-order valence-corrected chi connectivity index (χ2v) is 7.52. The summed E-state index contributed by atoms with van der Waals surface area (Å²) < 4.78 is 24.9. The summed E-state index contributed by atoms with van der Waals surface area (Å²) in [4.78, 5) is 0. The van der Waals surface area contributed by atoms with Crippen molar-refractivity contribution in [3.8, 4) is 0 Å². The lowest BCUT2D eigenvalue weighted by Crippen LogP contribution is -2.11. The molecule has 0 radical (unpaired) electrons. The SMILES string of the molecule is CCSCCCNc1ccc(NS(C)(=O)=O)c(C)c1. The highest BCUT2D eigenvalue weighted by atomic mass is 32.2. The highest BCUT2D eigenvalue weighted by Gasteiger charge is 2.05. The summed E-state index contributed by atoms with van der Waals surface area (Å²) in [5.74, 6) is 2.32. The molecule has 2 N–H and O–H groups in total. The van der Waals surface area contributed by atoms with Crippen LogP contribution < -0.4 is 10.0 Å². The van der Waals surface area contributed by atoms with Crippen molar-refractivity contribution in [3.05, 3.63) is 23.8 Å². The molecule has 0 saturated carbocycles. The zero-order chi connectivity index (χ0) is 14.3. The molecule has 0 fully saturated rings. The van der Waals surface area contributed by atoms with Crippen molar-refractivity contribution in [1.82, 2.24) is 0 Å². The first-order chi connectivity index (χ1) is 8.92. The number of hydrogen-bond acceptors (Lipinski definition) is 4. The maximum Gasteiger partial charge on any atom is 0.229 e. The Labute approximate surface area is 120 Å². The van der Waals surface area contributed by atoms with E-state index in [4.69, 9.17) is 0 Å². The first-order valence-electron chi connectivity index (χ1n) is 6.32. The summed E-state index contributed by atoms with van der Waals surface area (Å²) in [5.41, 5.74) is 2.57. The number of sulfonamides is 1. The Balaban J connectivity index is 2.52. The Hall–Kier alpha value is -0.880. The third-order valence-electron chi connectivity index (χ3n) is 2.52. The molecule has 0 spiro atoms. The summed E-state index contributed by atoms with van der Waals surface area (Å²) in [6.45, 7) is 4.99. The highest BCUT2D eigenvalue weighted by molar-refractivity contribution is 7.99. The van der Waals surface area contributed by atoms with E-state index in [2.05, 4.69) is 17.0 Å². The van der Waals surface area contributed by atoms with E-state index in [9.17, 15) is 8.42 Å². The Bertz CT molecular complexity index is 501. The van der Waals surface area contributed by atoms with Crippen LogP contribution in [0.2, 0.25) is 0 Å². The standard InChI is InChI=1S/C13H22N2O2S2/c1-4-18-9-5-8-14-12-6-7-13(11(2)10-12)15-19(3,16)17/h6-7,10,14-15H,4-5,8-9H2,1-3H3. The lowest BCUT2D eigenvalue weighted by molar-refractivity contribution is 0.607. The van der Waals surface area contributed by atoms with Crippen LogP contribution in [-0.2, 0) is 10.0 Å². The van der Waals surface area contributed by atoms with Gasteiger partial charge in [0.1, 0.15) is 0 Å². The Morgan fingerprint density at radius 1 is 1.32 bits per heavy atom. The van der Waals surface area contributed by atoms with E-state index in [-0.39, 0.29) is 0 Å². The van der Waals surface area contributed by atoms with Crippen molar-refractivity contribution >= 4 is 33.2 Å².